The number of nitrogens with one attached hydrogen (secondary N) is 4. The summed E-state index contributed by atoms with van der Waals surface area (Å²) in [4.78, 5) is 182. The van der Waals surface area contributed by atoms with Gasteiger partial charge in [-0.15, -0.1) is 0 Å². The van der Waals surface area contributed by atoms with E-state index >= 15 is 0 Å². The fourth-order valence-electron chi connectivity index (χ4n) is 6.88. The molecule has 4 N–H and O–H groups in total. The second-order valence-corrected chi connectivity index (χ2v) is 22.1. The average molecular weight is 1560 g/mol. The molecule has 0 aliphatic rings. The normalized spacial score (nSPS) is 12.0. The molecule has 28 nitrogen and oxygen atoms in total. The molecule has 4 unspecified atom stereocenters. The van der Waals surface area contributed by atoms with Crippen LogP contribution in [0.1, 0.15) is 103 Å². The van der Waals surface area contributed by atoms with Crippen LogP contribution in [0.4, 0.5) is 11.4 Å². The van der Waals surface area contributed by atoms with Gasteiger partial charge in [0.2, 0.25) is 11.8 Å². The summed E-state index contributed by atoms with van der Waals surface area (Å²) in [7, 11) is 2.55. The summed E-state index contributed by atoms with van der Waals surface area (Å²) in [6.45, 7) is 5.14. The number of amides is 6. The summed E-state index contributed by atoms with van der Waals surface area (Å²) in [5.74, 6) is -12.0. The summed E-state index contributed by atoms with van der Waals surface area (Å²) in [5, 5.41) is 10.0. The van der Waals surface area contributed by atoms with Crippen LogP contribution in [0.2, 0.25) is 0 Å². The number of carbonyl (C=O) groups excluding carboxylic acids is 14. The van der Waals surface area contributed by atoms with Crippen LogP contribution >= 0.6 is 95.6 Å². The minimum atomic E-state index is -1.21. The highest BCUT2D eigenvalue weighted by atomic mass is 79.9. The third-order valence-electron chi connectivity index (χ3n) is 10.2. The Morgan fingerprint density at radius 1 is 0.373 bits per heavy atom. The van der Waals surface area contributed by atoms with Gasteiger partial charge in [-0.25, -0.2) is 0 Å². The Hall–Kier alpha value is -6.10. The van der Waals surface area contributed by atoms with Crippen LogP contribution < -0.4 is 21.3 Å². The van der Waals surface area contributed by atoms with Gasteiger partial charge in [0.05, 0.1) is 77.7 Å². The summed E-state index contributed by atoms with van der Waals surface area (Å²) in [5.41, 5.74) is -2.11. The number of anilines is 2. The second kappa shape index (κ2) is 34.6. The highest BCUT2D eigenvalue weighted by molar-refractivity contribution is 9.12. The van der Waals surface area contributed by atoms with Gasteiger partial charge in [0.1, 0.15) is 32.8 Å². The van der Waals surface area contributed by atoms with Crippen molar-refractivity contribution in [2.75, 3.05) is 77.3 Å². The lowest BCUT2D eigenvalue weighted by Crippen LogP contribution is -2.40. The number of hydrogen-bond donors (Lipinski definition) is 4. The highest BCUT2D eigenvalue weighted by Crippen LogP contribution is 2.45. The number of likely N-dealkylation sites (N-methyl/N-ethyl adjacent to an activating group) is 2. The van der Waals surface area contributed by atoms with E-state index in [0.717, 1.165) is 65.2 Å². The van der Waals surface area contributed by atoms with Crippen molar-refractivity contribution >= 4 is 190 Å². The number of carbonyl (C=O) groups is 14. The smallest absolute Gasteiger partial charge is 0.303 e. The van der Waals surface area contributed by atoms with E-state index in [4.69, 9.17) is 37.9 Å². The average Bonchev–Trinajstić information content (AvgIpc) is 1.91. The third kappa shape index (κ3) is 23.8. The predicted octanol–water partition coefficient (Wildman–Crippen LogP) is 4.81. The van der Waals surface area contributed by atoms with Crippen molar-refractivity contribution in [1.29, 1.82) is 0 Å². The first kappa shape index (κ1) is 73.0. The zero-order valence-corrected chi connectivity index (χ0v) is 55.3. The second-order valence-electron chi connectivity index (χ2n) is 17.3. The maximum atomic E-state index is 14.4. The number of nitrogens with zero attached hydrogens (tertiary/aromatic N) is 2. The van der Waals surface area contributed by atoms with Gasteiger partial charge in [-0.05, 0) is 95.6 Å². The fraction of sp³-hybridized carbons (Fsp3) is 0.469. The largest absolute Gasteiger partial charge is 0.462 e. The number of esters is 8. The van der Waals surface area contributed by atoms with Crippen molar-refractivity contribution in [2.24, 2.45) is 0 Å². The van der Waals surface area contributed by atoms with Gasteiger partial charge in [-0.3, -0.25) is 67.1 Å². The van der Waals surface area contributed by atoms with Gasteiger partial charge < -0.3 is 69.0 Å². The van der Waals surface area contributed by atoms with Gasteiger partial charge in [0, 0.05) is 78.4 Å². The summed E-state index contributed by atoms with van der Waals surface area (Å²) >= 11 is 19.9. The summed E-state index contributed by atoms with van der Waals surface area (Å²) in [6, 6.07) is 0. The molecular formula is C49H56Br6N6O22. The van der Waals surface area contributed by atoms with Gasteiger partial charge in [0.25, 0.3) is 23.6 Å². The zero-order chi connectivity index (χ0) is 63.3. The molecule has 0 heterocycles. The van der Waals surface area contributed by atoms with Crippen LogP contribution in [-0.4, -0.2) is 184 Å². The Morgan fingerprint density at radius 3 is 0.892 bits per heavy atom. The zero-order valence-electron chi connectivity index (χ0n) is 45.8. The topological polar surface area (TPSA) is 367 Å². The molecule has 83 heavy (non-hydrogen) atoms. The number of halogens is 6. The third-order valence-corrected chi connectivity index (χ3v) is 15.0. The number of benzene rings is 2. The standard InChI is InChI=1S/C49H56Br6N6O22/c1-20(62)76-16-28(80-24(5)66)12-56-46(72)34-38(50)36(48(74)60(9)14-30(82-26(7)68)18-78-22(3)64)42(54)44(40(34)52)58-32(70)11-33(71)59-45-41(53)35(47(73)57-13-29(81-25(6)67)17-77-21(2)63)39(51)37(43(45)55)49(75)61(10)15-31(83-27(8)69)19-79-23(4)65/h28-31H,11-19H2,1-10H3,(H,56,72)(H,57,73)(H,58,70)(H,59,71). The van der Waals surface area contributed by atoms with E-state index in [1.807, 2.05) is 0 Å². The molecule has 6 amide bonds. The Labute approximate surface area is 524 Å². The van der Waals surface area contributed by atoms with Gasteiger partial charge in [0.15, 0.2) is 24.4 Å². The first-order valence-corrected chi connectivity index (χ1v) is 28.6. The van der Waals surface area contributed by atoms with E-state index in [1.54, 1.807) is 0 Å². The Morgan fingerprint density at radius 2 is 0.627 bits per heavy atom. The number of rotatable bonds is 28. The molecule has 0 aliphatic carbocycles. The molecule has 0 bridgehead atoms. The molecule has 0 aliphatic heterocycles. The first-order chi connectivity index (χ1) is 38.6. The van der Waals surface area contributed by atoms with Crippen LogP contribution in [0.5, 0.6) is 0 Å². The van der Waals surface area contributed by atoms with E-state index in [1.165, 1.54) is 14.1 Å². The maximum Gasteiger partial charge on any atom is 0.303 e. The molecule has 0 spiro atoms. The maximum absolute atomic E-state index is 14.4. The van der Waals surface area contributed by atoms with Gasteiger partial charge >= 0.3 is 47.8 Å². The highest BCUT2D eigenvalue weighted by Gasteiger charge is 2.35. The predicted molar refractivity (Wildman–Crippen MR) is 308 cm³/mol. The molecule has 34 heteroatoms. The van der Waals surface area contributed by atoms with Crippen LogP contribution in [0.3, 0.4) is 0 Å². The first-order valence-electron chi connectivity index (χ1n) is 23.9. The lowest BCUT2D eigenvalue weighted by Gasteiger charge is -2.26. The molecule has 0 radical (unpaired) electrons. The van der Waals surface area contributed by atoms with Gasteiger partial charge in [-0.2, -0.15) is 0 Å². The summed E-state index contributed by atoms with van der Waals surface area (Å²) in [6.07, 6.45) is -5.90. The molecule has 0 saturated carbocycles. The van der Waals surface area contributed by atoms with Crippen molar-refractivity contribution in [3.63, 3.8) is 0 Å². The van der Waals surface area contributed by atoms with Crippen LogP contribution in [-0.2, 0) is 85.8 Å². The fourth-order valence-corrected chi connectivity index (χ4v) is 12.7. The van der Waals surface area contributed by atoms with Crippen molar-refractivity contribution in [2.45, 2.75) is 86.2 Å². The number of hydrogen-bond acceptors (Lipinski definition) is 22. The van der Waals surface area contributed by atoms with Crippen LogP contribution in [0.15, 0.2) is 26.8 Å². The molecule has 0 fully saturated rings. The molecule has 2 aromatic rings. The molecule has 2 aromatic carbocycles. The van der Waals surface area contributed by atoms with E-state index in [9.17, 15) is 67.1 Å². The van der Waals surface area contributed by atoms with E-state index in [-0.39, 0.29) is 60.5 Å². The Balaban J connectivity index is 2.83. The van der Waals surface area contributed by atoms with Crippen molar-refractivity contribution in [3.8, 4) is 0 Å². The minimum absolute atomic E-state index is 0.205. The minimum Gasteiger partial charge on any atom is -0.462 e. The lowest BCUT2D eigenvalue weighted by molar-refractivity contribution is -0.156. The van der Waals surface area contributed by atoms with Crippen molar-refractivity contribution < 1.29 is 105 Å². The van der Waals surface area contributed by atoms with Gasteiger partial charge in [-0.1, -0.05) is 0 Å². The molecule has 0 saturated heterocycles. The molecule has 0 aromatic heterocycles. The number of ether oxygens (including phenoxy) is 8. The van der Waals surface area contributed by atoms with Crippen molar-refractivity contribution in [1.82, 2.24) is 20.4 Å². The Bertz CT molecular complexity index is 2720. The Kier molecular flexibility index (Phi) is 30.5. The van der Waals surface area contributed by atoms with E-state index in [2.05, 4.69) is 117 Å². The van der Waals surface area contributed by atoms with E-state index in [0.29, 0.717) is 0 Å². The quantitative estimate of drug-likeness (QED) is 0.0504. The summed E-state index contributed by atoms with van der Waals surface area (Å²) < 4.78 is 39.5. The van der Waals surface area contributed by atoms with Crippen LogP contribution in [0.25, 0.3) is 0 Å². The molecule has 2 rings (SSSR count). The van der Waals surface area contributed by atoms with E-state index < -0.39 is 167 Å². The molecule has 456 valence electrons. The SMILES string of the molecule is CC(=O)OCC(CNC(=O)c1c(Br)c(NC(=O)CC(=O)Nc2c(Br)c(C(=O)NCC(COC(C)=O)OC(C)=O)c(Br)c(C(=O)N(C)CC(COC(C)=O)OC(C)=O)c2Br)c(Br)c(C(=O)N(C)CC(COC(C)=O)OC(C)=O)c1Br)OC(C)=O. The van der Waals surface area contributed by atoms with Crippen LogP contribution in [0, 0.1) is 0 Å². The van der Waals surface area contributed by atoms with Crippen molar-refractivity contribution in [3.05, 3.63) is 49.1 Å². The monoisotopic (exact) mass is 1550 g/mol. The molecule has 4 atom stereocenters. The molecular weight excluding hydrogens is 1500 g/mol. The lowest BCUT2D eigenvalue weighted by atomic mass is 10.1.